The third kappa shape index (κ3) is 15.7. The minimum atomic E-state index is -3.78. The lowest BCUT2D eigenvalue weighted by Crippen LogP contribution is -2.28. The van der Waals surface area contributed by atoms with Crippen molar-refractivity contribution in [1.29, 1.82) is 0 Å². The largest absolute Gasteiger partial charge is 0.508 e. The molecule has 2 heterocycles. The maximum atomic E-state index is 13.4. The van der Waals surface area contributed by atoms with Gasteiger partial charge >= 0.3 is 11.1 Å². The molecule has 0 aliphatic heterocycles. The summed E-state index contributed by atoms with van der Waals surface area (Å²) in [6.07, 6.45) is 0. The van der Waals surface area contributed by atoms with Gasteiger partial charge in [0.05, 0.1) is 55.9 Å². The minimum Gasteiger partial charge on any atom is -0.508 e. The van der Waals surface area contributed by atoms with Crippen molar-refractivity contribution in [3.8, 4) is 46.3 Å². The first-order valence-electron chi connectivity index (χ1n) is 28.4. The molecule has 2 aromatic heterocycles. The number of aromatic hydroxyl groups is 2. The summed E-state index contributed by atoms with van der Waals surface area (Å²) >= 11 is 0. The number of aromatic amines is 2. The summed E-state index contributed by atoms with van der Waals surface area (Å²) in [6, 6.07) is 66.2. The standard InChI is InChI=1S/C37H32N2O6S.C15H16O2.C12H8F2O2S.C8H6N2O2/c1-37(2,25-9-13-27(42-3)14-10-25)26-11-15-28(16-12-26)44-29-17-21-31(22-18-29)46(40,41)32-23-19-30(20-24-32)45-36-35(43-4)38-33-7-5-6-8-34(33)39-36;1-15(2,11-3-7-13(16)8-4-11)12-5-9-14(17)10-6-12;13-9-1-5-11(6-2-9)17(15,16)12-7-3-10(14)4-8-12;11-7-8(12)10-6-4-2-1-3-5(6)9-7/h5-24H,1-4H3;3-10,16-17H,1-2H3;1-8H;1-4H,(H,9,11)(H,10,12). The molecule has 0 atom stereocenters. The highest BCUT2D eigenvalue weighted by Gasteiger charge is 2.25. The Morgan fingerprint density at radius 2 is 0.663 bits per heavy atom. The molecule has 0 spiro atoms. The van der Waals surface area contributed by atoms with Gasteiger partial charge in [-0.3, -0.25) is 9.59 Å². The smallest absolute Gasteiger partial charge is 0.314 e. The molecular formula is C72H62F2N4O12S2. The number of hydrogen-bond acceptors (Lipinski definition) is 14. The maximum absolute atomic E-state index is 13.4. The monoisotopic (exact) mass is 1280 g/mol. The molecule has 0 fully saturated rings. The van der Waals surface area contributed by atoms with E-state index in [0.717, 1.165) is 46.7 Å². The fourth-order valence-corrected chi connectivity index (χ4v) is 11.9. The molecule has 0 unspecified atom stereocenters. The van der Waals surface area contributed by atoms with Crippen LogP contribution in [0.25, 0.3) is 22.1 Å². The first-order valence-corrected chi connectivity index (χ1v) is 31.3. The number of phenols is 2. The Hall–Kier alpha value is -11.0. The zero-order valence-corrected chi connectivity index (χ0v) is 52.2. The van der Waals surface area contributed by atoms with E-state index >= 15 is 0 Å². The van der Waals surface area contributed by atoms with Gasteiger partial charge in [-0.1, -0.05) is 100 Å². The summed E-state index contributed by atoms with van der Waals surface area (Å²) in [5.41, 5.74) is 5.55. The highest BCUT2D eigenvalue weighted by molar-refractivity contribution is 7.91. The van der Waals surface area contributed by atoms with Crippen molar-refractivity contribution in [1.82, 2.24) is 19.9 Å². The van der Waals surface area contributed by atoms with Crippen LogP contribution in [-0.2, 0) is 30.5 Å². The molecule has 0 aliphatic carbocycles. The molecule has 10 aromatic carbocycles. The molecule has 12 rings (SSSR count). The number of halogens is 2. The Kier molecular flexibility index (Phi) is 20.1. The van der Waals surface area contributed by atoms with Gasteiger partial charge in [-0.05, 0) is 192 Å². The molecule has 0 bridgehead atoms. The number of ether oxygens (including phenoxy) is 4. The van der Waals surface area contributed by atoms with Crippen molar-refractivity contribution in [3.63, 3.8) is 0 Å². The number of nitrogens with zero attached hydrogens (tertiary/aromatic N) is 2. The van der Waals surface area contributed by atoms with E-state index in [4.69, 9.17) is 18.9 Å². The first-order chi connectivity index (χ1) is 43.9. The second-order valence-electron chi connectivity index (χ2n) is 21.6. The van der Waals surface area contributed by atoms with Crippen LogP contribution in [0.1, 0.15) is 49.9 Å². The number of hydrogen-bond donors (Lipinski definition) is 4. The van der Waals surface area contributed by atoms with Gasteiger partial charge in [0.15, 0.2) is 0 Å². The number of sulfone groups is 2. The Balaban J connectivity index is 0.000000175. The molecule has 12 aromatic rings. The van der Waals surface area contributed by atoms with E-state index in [1.807, 2.05) is 84.9 Å². The molecule has 4 N–H and O–H groups in total. The van der Waals surface area contributed by atoms with Gasteiger partial charge in [-0.15, -0.1) is 0 Å². The molecule has 0 saturated heterocycles. The Morgan fingerprint density at radius 3 is 1.01 bits per heavy atom. The molecule has 0 radical (unpaired) electrons. The Morgan fingerprint density at radius 1 is 0.370 bits per heavy atom. The van der Waals surface area contributed by atoms with Crippen molar-refractivity contribution >= 4 is 41.7 Å². The summed E-state index contributed by atoms with van der Waals surface area (Å²) in [7, 11) is -4.35. The number of rotatable bonds is 14. The van der Waals surface area contributed by atoms with Gasteiger partial charge in [0.25, 0.3) is 11.8 Å². The van der Waals surface area contributed by atoms with Crippen LogP contribution >= 0.6 is 0 Å². The lowest BCUT2D eigenvalue weighted by Gasteiger charge is -2.26. The predicted molar refractivity (Wildman–Crippen MR) is 348 cm³/mol. The van der Waals surface area contributed by atoms with E-state index < -0.39 is 42.4 Å². The zero-order valence-electron chi connectivity index (χ0n) is 50.5. The van der Waals surface area contributed by atoms with Gasteiger partial charge in [0.2, 0.25) is 19.7 Å². The summed E-state index contributed by atoms with van der Waals surface area (Å²) in [4.78, 5) is 35.7. The molecule has 0 aliphatic rings. The van der Waals surface area contributed by atoms with Gasteiger partial charge < -0.3 is 39.1 Å². The zero-order chi connectivity index (χ0) is 65.8. The third-order valence-corrected chi connectivity index (χ3v) is 18.4. The van der Waals surface area contributed by atoms with E-state index in [1.165, 1.54) is 61.2 Å². The van der Waals surface area contributed by atoms with Crippen molar-refractivity contribution in [3.05, 3.63) is 297 Å². The highest BCUT2D eigenvalue weighted by atomic mass is 32.2. The third-order valence-electron chi connectivity index (χ3n) is 14.9. The fourth-order valence-electron chi connectivity index (χ4n) is 9.38. The van der Waals surface area contributed by atoms with Crippen LogP contribution in [0, 0.1) is 11.6 Å². The molecular weight excluding hydrogens is 1210 g/mol. The van der Waals surface area contributed by atoms with Crippen LogP contribution in [0.3, 0.4) is 0 Å². The molecule has 0 amide bonds. The Bertz CT molecular complexity index is 4700. The van der Waals surface area contributed by atoms with Crippen LogP contribution in [0.15, 0.2) is 272 Å². The predicted octanol–water partition coefficient (Wildman–Crippen LogP) is 14.8. The van der Waals surface area contributed by atoms with E-state index in [-0.39, 0.29) is 53.7 Å². The number of nitrogens with one attached hydrogen (secondary N) is 2. The van der Waals surface area contributed by atoms with E-state index in [1.54, 1.807) is 79.9 Å². The van der Waals surface area contributed by atoms with E-state index in [2.05, 4.69) is 59.8 Å². The highest BCUT2D eigenvalue weighted by Crippen LogP contribution is 2.37. The van der Waals surface area contributed by atoms with Crippen LogP contribution in [0.2, 0.25) is 0 Å². The quantitative estimate of drug-likeness (QED) is 0.0585. The van der Waals surface area contributed by atoms with Crippen LogP contribution in [0.4, 0.5) is 8.78 Å². The fraction of sp³-hybridized carbons (Fsp3) is 0.111. The van der Waals surface area contributed by atoms with Gasteiger partial charge in [-0.25, -0.2) is 35.6 Å². The second kappa shape index (κ2) is 28.3. The lowest BCUT2D eigenvalue weighted by atomic mass is 9.78. The van der Waals surface area contributed by atoms with Crippen LogP contribution in [0.5, 0.6) is 46.3 Å². The van der Waals surface area contributed by atoms with Crippen molar-refractivity contribution < 1.29 is 54.8 Å². The summed E-state index contributed by atoms with van der Waals surface area (Å²) in [5, 5.41) is 18.6. The molecule has 20 heteroatoms. The number of methoxy groups -OCH3 is 2. The van der Waals surface area contributed by atoms with E-state index in [0.29, 0.717) is 39.3 Å². The minimum absolute atomic E-state index is 0.0227. The summed E-state index contributed by atoms with van der Waals surface area (Å²) in [5.74, 6) is 2.32. The van der Waals surface area contributed by atoms with Crippen LogP contribution in [-0.4, -0.2) is 61.2 Å². The first kappa shape index (κ1) is 65.5. The second-order valence-corrected chi connectivity index (χ2v) is 25.5. The normalized spacial score (nSPS) is 11.4. The van der Waals surface area contributed by atoms with Crippen molar-refractivity contribution in [2.75, 3.05) is 14.2 Å². The molecule has 468 valence electrons. The van der Waals surface area contributed by atoms with Gasteiger partial charge in [-0.2, -0.15) is 0 Å². The van der Waals surface area contributed by atoms with Crippen molar-refractivity contribution in [2.45, 2.75) is 58.1 Å². The lowest BCUT2D eigenvalue weighted by molar-refractivity contribution is 0.357. The SMILES string of the molecule is CC(C)(c1ccc(O)cc1)c1ccc(O)cc1.COc1ccc(C(C)(C)c2ccc(Oc3ccc(S(=O)(=O)c4ccc(Oc5nc6ccccc6nc5OC)cc4)cc3)cc2)cc1.O=S(=O)(c1ccc(F)cc1)c1ccc(F)cc1.O=c1[nH]c2ccccc2[nH]c1=O. The number of fused-ring (bicyclic) bond motifs is 2. The number of H-pyrrole nitrogens is 2. The van der Waals surface area contributed by atoms with Gasteiger partial charge in [0.1, 0.15) is 46.1 Å². The number of aromatic nitrogens is 4. The Labute approximate surface area is 529 Å². The molecule has 16 nitrogen and oxygen atoms in total. The topological polar surface area (TPSA) is 237 Å². The van der Waals surface area contributed by atoms with E-state index in [9.17, 15) is 45.4 Å². The summed E-state index contributed by atoms with van der Waals surface area (Å²) < 4.78 is 98.7. The molecule has 0 saturated carbocycles. The molecule has 92 heavy (non-hydrogen) atoms. The average Bonchev–Trinajstić information content (AvgIpc) is 1.09. The van der Waals surface area contributed by atoms with Crippen LogP contribution < -0.4 is 30.1 Å². The average molecular weight is 1280 g/mol. The number of benzene rings is 10. The van der Waals surface area contributed by atoms with Gasteiger partial charge in [0, 0.05) is 10.8 Å². The number of phenolic OH excluding ortho intramolecular Hbond substituents is 2. The summed E-state index contributed by atoms with van der Waals surface area (Å²) in [6.45, 7) is 8.57. The maximum Gasteiger partial charge on any atom is 0.314 e. The van der Waals surface area contributed by atoms with Crippen molar-refractivity contribution in [2.24, 2.45) is 0 Å². The number of para-hydroxylation sites is 4.